The Kier molecular flexibility index (Phi) is 6.70. The van der Waals surface area contributed by atoms with Crippen molar-refractivity contribution in [1.29, 1.82) is 0 Å². The number of rotatable bonds is 6. The van der Waals surface area contributed by atoms with Crippen molar-refractivity contribution in [2.45, 2.75) is 24.7 Å². The van der Waals surface area contributed by atoms with Crippen LogP contribution in [0.2, 0.25) is 0 Å². The van der Waals surface area contributed by atoms with Gasteiger partial charge < -0.3 is 10.2 Å². The van der Waals surface area contributed by atoms with E-state index in [4.69, 9.17) is 0 Å². The Balaban J connectivity index is 1.62. The predicted octanol–water partition coefficient (Wildman–Crippen LogP) is 2.81. The van der Waals surface area contributed by atoms with Gasteiger partial charge in [-0.25, -0.2) is 4.31 Å². The van der Waals surface area contributed by atoms with Crippen molar-refractivity contribution in [3.8, 4) is 0 Å². The SMILES string of the molecule is C=CC(=O)NCC(=O)N1CCN(Sc2cccc3c(C(C)C)nccc23)CC1. The fourth-order valence-corrected chi connectivity index (χ4v) is 4.30. The van der Waals surface area contributed by atoms with Crippen LogP contribution in [0, 0.1) is 0 Å². The standard InChI is InChI=1S/C21H26N4O2S/c1-4-19(26)23-14-20(27)24-10-12-25(13-11-24)28-18-7-5-6-17-16(18)8-9-22-21(17)15(2)3/h4-9,15H,1,10-14H2,2-3H3,(H,23,26). The molecule has 1 saturated heterocycles. The number of nitrogens with zero attached hydrogens (tertiary/aromatic N) is 3. The molecule has 28 heavy (non-hydrogen) atoms. The summed E-state index contributed by atoms with van der Waals surface area (Å²) in [6.45, 7) is 10.6. The molecule has 0 saturated carbocycles. The fraction of sp³-hybridized carbons (Fsp3) is 0.381. The van der Waals surface area contributed by atoms with E-state index in [0.717, 1.165) is 18.8 Å². The molecular formula is C21H26N4O2S. The second-order valence-corrected chi connectivity index (χ2v) is 8.16. The van der Waals surface area contributed by atoms with Gasteiger partial charge in [0.2, 0.25) is 11.8 Å². The average Bonchev–Trinajstić information content (AvgIpc) is 2.72. The molecule has 1 N–H and O–H groups in total. The molecule has 148 valence electrons. The minimum absolute atomic E-state index is 0.0201. The molecule has 0 atom stereocenters. The molecule has 3 rings (SSSR count). The number of nitrogens with one attached hydrogen (secondary N) is 1. The lowest BCUT2D eigenvalue weighted by atomic mass is 10.0. The lowest BCUT2D eigenvalue weighted by Crippen LogP contribution is -2.49. The highest BCUT2D eigenvalue weighted by Gasteiger charge is 2.22. The van der Waals surface area contributed by atoms with E-state index < -0.39 is 0 Å². The smallest absolute Gasteiger partial charge is 0.243 e. The molecular weight excluding hydrogens is 372 g/mol. The lowest BCUT2D eigenvalue weighted by molar-refractivity contribution is -0.133. The first kappa shape index (κ1) is 20.4. The van der Waals surface area contributed by atoms with Gasteiger partial charge in [0.25, 0.3) is 0 Å². The van der Waals surface area contributed by atoms with Crippen LogP contribution in [0.25, 0.3) is 10.8 Å². The zero-order chi connectivity index (χ0) is 20.1. The summed E-state index contributed by atoms with van der Waals surface area (Å²) in [4.78, 5) is 31.0. The Morgan fingerprint density at radius 1 is 1.21 bits per heavy atom. The summed E-state index contributed by atoms with van der Waals surface area (Å²) in [6, 6.07) is 8.43. The quantitative estimate of drug-likeness (QED) is 0.599. The van der Waals surface area contributed by atoms with Gasteiger partial charge in [-0.2, -0.15) is 0 Å². The van der Waals surface area contributed by atoms with Crippen LogP contribution in [0.4, 0.5) is 0 Å². The number of hydrogen-bond acceptors (Lipinski definition) is 5. The second kappa shape index (κ2) is 9.21. The van der Waals surface area contributed by atoms with Crippen LogP contribution in [-0.2, 0) is 9.59 Å². The second-order valence-electron chi connectivity index (χ2n) is 7.03. The Morgan fingerprint density at radius 2 is 1.96 bits per heavy atom. The number of fused-ring (bicyclic) bond motifs is 1. The van der Waals surface area contributed by atoms with E-state index >= 15 is 0 Å². The molecule has 0 spiro atoms. The predicted molar refractivity (Wildman–Crippen MR) is 113 cm³/mol. The number of benzene rings is 1. The number of amides is 2. The van der Waals surface area contributed by atoms with E-state index in [1.165, 1.54) is 21.7 Å². The topological polar surface area (TPSA) is 65.5 Å². The number of hydrogen-bond donors (Lipinski definition) is 1. The maximum absolute atomic E-state index is 12.2. The maximum atomic E-state index is 12.2. The Labute approximate surface area is 170 Å². The molecule has 0 bridgehead atoms. The van der Waals surface area contributed by atoms with Gasteiger partial charge in [-0.1, -0.05) is 32.6 Å². The molecule has 1 aliphatic rings. The first-order chi connectivity index (χ1) is 13.5. The van der Waals surface area contributed by atoms with Crippen LogP contribution in [0.3, 0.4) is 0 Å². The fourth-order valence-electron chi connectivity index (χ4n) is 3.26. The molecule has 0 unspecified atom stereocenters. The summed E-state index contributed by atoms with van der Waals surface area (Å²) in [6.07, 6.45) is 3.06. The van der Waals surface area contributed by atoms with Gasteiger partial charge in [-0.05, 0) is 41.5 Å². The normalized spacial score (nSPS) is 15.0. The summed E-state index contributed by atoms with van der Waals surface area (Å²) in [7, 11) is 0. The molecule has 1 aliphatic heterocycles. The van der Waals surface area contributed by atoms with Crippen molar-refractivity contribution in [2.24, 2.45) is 0 Å². The molecule has 1 aromatic carbocycles. The van der Waals surface area contributed by atoms with Crippen LogP contribution in [0.15, 0.2) is 48.0 Å². The average molecular weight is 399 g/mol. The summed E-state index contributed by atoms with van der Waals surface area (Å²) in [5.41, 5.74) is 1.12. The zero-order valence-corrected chi connectivity index (χ0v) is 17.2. The third-order valence-electron chi connectivity index (χ3n) is 4.76. The van der Waals surface area contributed by atoms with Crippen molar-refractivity contribution in [2.75, 3.05) is 32.7 Å². The van der Waals surface area contributed by atoms with E-state index in [2.05, 4.69) is 59.3 Å². The van der Waals surface area contributed by atoms with E-state index in [-0.39, 0.29) is 18.4 Å². The highest BCUT2D eigenvalue weighted by Crippen LogP contribution is 2.33. The Morgan fingerprint density at radius 3 is 2.64 bits per heavy atom. The Hall–Kier alpha value is -2.38. The lowest BCUT2D eigenvalue weighted by Gasteiger charge is -2.34. The van der Waals surface area contributed by atoms with E-state index in [9.17, 15) is 9.59 Å². The van der Waals surface area contributed by atoms with Crippen LogP contribution in [0.5, 0.6) is 0 Å². The number of pyridine rings is 1. The molecule has 0 radical (unpaired) electrons. The van der Waals surface area contributed by atoms with Crippen molar-refractivity contribution in [1.82, 2.24) is 19.5 Å². The van der Waals surface area contributed by atoms with Gasteiger partial charge in [0.1, 0.15) is 0 Å². The highest BCUT2D eigenvalue weighted by atomic mass is 32.2. The van der Waals surface area contributed by atoms with Crippen molar-refractivity contribution in [3.05, 3.63) is 48.8 Å². The molecule has 2 amide bonds. The summed E-state index contributed by atoms with van der Waals surface area (Å²) in [5.74, 6) is -0.00787. The van der Waals surface area contributed by atoms with Gasteiger partial charge in [0, 0.05) is 42.7 Å². The summed E-state index contributed by atoms with van der Waals surface area (Å²) in [5, 5.41) is 4.96. The molecule has 7 heteroatoms. The molecule has 2 heterocycles. The van der Waals surface area contributed by atoms with Crippen molar-refractivity contribution in [3.63, 3.8) is 0 Å². The van der Waals surface area contributed by atoms with Gasteiger partial charge in [-0.3, -0.25) is 14.6 Å². The number of carbonyl (C=O) groups excluding carboxylic acids is 2. The van der Waals surface area contributed by atoms with E-state index in [1.54, 1.807) is 16.8 Å². The highest BCUT2D eigenvalue weighted by molar-refractivity contribution is 7.97. The minimum Gasteiger partial charge on any atom is -0.343 e. The van der Waals surface area contributed by atoms with E-state index in [1.807, 2.05) is 6.20 Å². The first-order valence-corrected chi connectivity index (χ1v) is 10.3. The minimum atomic E-state index is -0.325. The molecule has 2 aromatic rings. The monoisotopic (exact) mass is 398 g/mol. The van der Waals surface area contributed by atoms with Crippen molar-refractivity contribution >= 4 is 34.5 Å². The third-order valence-corrected chi connectivity index (χ3v) is 5.94. The number of aromatic nitrogens is 1. The van der Waals surface area contributed by atoms with Crippen LogP contribution >= 0.6 is 11.9 Å². The van der Waals surface area contributed by atoms with Crippen LogP contribution in [-0.4, -0.2) is 58.7 Å². The number of piperazine rings is 1. The molecule has 1 fully saturated rings. The number of carbonyl (C=O) groups is 2. The van der Waals surface area contributed by atoms with Crippen LogP contribution < -0.4 is 5.32 Å². The van der Waals surface area contributed by atoms with E-state index in [0.29, 0.717) is 19.0 Å². The zero-order valence-electron chi connectivity index (χ0n) is 16.4. The van der Waals surface area contributed by atoms with Gasteiger partial charge in [-0.15, -0.1) is 0 Å². The first-order valence-electron chi connectivity index (χ1n) is 9.48. The van der Waals surface area contributed by atoms with Gasteiger partial charge in [0.15, 0.2) is 0 Å². The molecule has 1 aromatic heterocycles. The largest absolute Gasteiger partial charge is 0.343 e. The summed E-state index contributed by atoms with van der Waals surface area (Å²) >= 11 is 1.73. The third kappa shape index (κ3) is 4.72. The van der Waals surface area contributed by atoms with Gasteiger partial charge in [0.05, 0.1) is 12.2 Å². The Bertz CT molecular complexity index is 876. The maximum Gasteiger partial charge on any atom is 0.243 e. The van der Waals surface area contributed by atoms with Crippen molar-refractivity contribution < 1.29 is 9.59 Å². The van der Waals surface area contributed by atoms with Crippen LogP contribution in [0.1, 0.15) is 25.5 Å². The molecule has 6 nitrogen and oxygen atoms in total. The van der Waals surface area contributed by atoms with Gasteiger partial charge >= 0.3 is 0 Å². The molecule has 0 aliphatic carbocycles. The summed E-state index contributed by atoms with van der Waals surface area (Å²) < 4.78 is 2.29.